The summed E-state index contributed by atoms with van der Waals surface area (Å²) in [7, 11) is 1.59. The number of aromatic nitrogens is 3. The molecule has 8 nitrogen and oxygen atoms in total. The Morgan fingerprint density at radius 1 is 1.18 bits per heavy atom. The summed E-state index contributed by atoms with van der Waals surface area (Å²) in [5.74, 6) is -0.000735. The summed E-state index contributed by atoms with van der Waals surface area (Å²) in [4.78, 5) is 22.9. The molecule has 1 unspecified atom stereocenters. The molecule has 2 aromatic carbocycles. The van der Waals surface area contributed by atoms with Crippen molar-refractivity contribution >= 4 is 17.1 Å². The first-order chi connectivity index (χ1) is 15.9. The number of rotatable bonds is 9. The Balaban J connectivity index is 1.68. The lowest BCUT2D eigenvalue weighted by molar-refractivity contribution is 0.0696. The zero-order chi connectivity index (χ0) is 23.4. The van der Waals surface area contributed by atoms with Crippen LogP contribution in [0, 0.1) is 5.82 Å². The fourth-order valence-corrected chi connectivity index (χ4v) is 3.29. The van der Waals surface area contributed by atoms with Gasteiger partial charge in [-0.15, -0.1) is 0 Å². The third-order valence-electron chi connectivity index (χ3n) is 4.83. The number of methoxy groups -OCH3 is 1. The summed E-state index contributed by atoms with van der Waals surface area (Å²) in [6, 6.07) is 13.1. The predicted molar refractivity (Wildman–Crippen MR) is 119 cm³/mol. The van der Waals surface area contributed by atoms with Crippen LogP contribution in [0.15, 0.2) is 54.7 Å². The number of halogens is 1. The highest BCUT2D eigenvalue weighted by Gasteiger charge is 2.14. The molecule has 0 saturated heterocycles. The van der Waals surface area contributed by atoms with E-state index >= 15 is 0 Å². The summed E-state index contributed by atoms with van der Waals surface area (Å²) in [6.45, 7) is 2.30. The van der Waals surface area contributed by atoms with Crippen LogP contribution in [-0.2, 0) is 11.3 Å². The van der Waals surface area contributed by atoms with E-state index in [-0.39, 0.29) is 24.1 Å². The van der Waals surface area contributed by atoms with E-state index in [0.29, 0.717) is 46.2 Å². The number of aromatic carboxylic acids is 1. The lowest BCUT2D eigenvalue weighted by Crippen LogP contribution is -2.18. The fourth-order valence-electron chi connectivity index (χ4n) is 3.29. The van der Waals surface area contributed by atoms with Crippen LogP contribution in [0.3, 0.4) is 0 Å². The number of H-pyrrole nitrogens is 1. The smallest absolute Gasteiger partial charge is 0.337 e. The van der Waals surface area contributed by atoms with Gasteiger partial charge in [-0.1, -0.05) is 18.2 Å². The van der Waals surface area contributed by atoms with Crippen LogP contribution in [0.1, 0.15) is 22.8 Å². The number of hydrogen-bond acceptors (Lipinski definition) is 6. The third-order valence-corrected chi connectivity index (χ3v) is 4.83. The summed E-state index contributed by atoms with van der Waals surface area (Å²) < 4.78 is 30.9. The quantitative estimate of drug-likeness (QED) is 0.387. The molecule has 2 N–H and O–H groups in total. The average molecular weight is 451 g/mol. The zero-order valence-corrected chi connectivity index (χ0v) is 18.0. The summed E-state index contributed by atoms with van der Waals surface area (Å²) in [5, 5.41) is 9.20. The molecule has 9 heteroatoms. The van der Waals surface area contributed by atoms with Gasteiger partial charge < -0.3 is 24.3 Å². The number of imidazole rings is 1. The van der Waals surface area contributed by atoms with Gasteiger partial charge in [0, 0.05) is 30.5 Å². The molecule has 2 heterocycles. The summed E-state index contributed by atoms with van der Waals surface area (Å²) in [5.41, 5.74) is 1.97. The lowest BCUT2D eigenvalue weighted by Gasteiger charge is -2.16. The van der Waals surface area contributed by atoms with E-state index in [4.69, 9.17) is 14.2 Å². The van der Waals surface area contributed by atoms with Crippen molar-refractivity contribution < 1.29 is 28.5 Å². The number of nitrogens with zero attached hydrogens (tertiary/aromatic N) is 2. The Bertz CT molecular complexity index is 1290. The Morgan fingerprint density at radius 3 is 2.73 bits per heavy atom. The van der Waals surface area contributed by atoms with E-state index in [2.05, 4.69) is 15.0 Å². The standard InChI is InChI=1S/C24H22FN3O5/c1-14(12-31-2)33-19-8-16(7-18(10-19)32-13-15-5-3-4-6-20(15)25)22-27-21-9-17(24(29)30)11-26-23(21)28-22/h3-11,14H,12-13H2,1-2H3,(H,29,30)(H,26,27,28). The van der Waals surface area contributed by atoms with Gasteiger partial charge in [0.1, 0.15) is 35.9 Å². The number of carboxylic acids is 1. The topological polar surface area (TPSA) is 107 Å². The first-order valence-electron chi connectivity index (χ1n) is 10.2. The largest absolute Gasteiger partial charge is 0.489 e. The van der Waals surface area contributed by atoms with Crippen LogP contribution in [0.4, 0.5) is 4.39 Å². The number of nitrogens with one attached hydrogen (secondary N) is 1. The van der Waals surface area contributed by atoms with Crippen molar-refractivity contribution in [2.24, 2.45) is 0 Å². The molecule has 2 aromatic heterocycles. The van der Waals surface area contributed by atoms with E-state index in [9.17, 15) is 14.3 Å². The predicted octanol–water partition coefficient (Wildman–Crippen LogP) is 4.45. The van der Waals surface area contributed by atoms with Crippen molar-refractivity contribution in [2.45, 2.75) is 19.6 Å². The number of fused-ring (bicyclic) bond motifs is 1. The highest BCUT2D eigenvalue weighted by atomic mass is 19.1. The molecule has 0 radical (unpaired) electrons. The highest BCUT2D eigenvalue weighted by Crippen LogP contribution is 2.31. The van der Waals surface area contributed by atoms with E-state index in [1.807, 2.05) is 6.92 Å². The second-order valence-corrected chi connectivity index (χ2v) is 7.44. The highest BCUT2D eigenvalue weighted by molar-refractivity contribution is 5.91. The number of aromatic amines is 1. The third kappa shape index (κ3) is 5.27. The molecule has 0 fully saturated rings. The van der Waals surface area contributed by atoms with Crippen LogP contribution >= 0.6 is 0 Å². The SMILES string of the molecule is COCC(C)Oc1cc(OCc2ccccc2F)cc(-c2nc3ncc(C(=O)O)cc3[nH]2)c1. The molecule has 0 aliphatic heterocycles. The van der Waals surface area contributed by atoms with E-state index < -0.39 is 5.97 Å². The Morgan fingerprint density at radius 2 is 1.97 bits per heavy atom. The van der Waals surface area contributed by atoms with Crippen molar-refractivity contribution in [1.29, 1.82) is 0 Å². The number of pyridine rings is 1. The van der Waals surface area contributed by atoms with E-state index in [0.717, 1.165) is 0 Å². The van der Waals surface area contributed by atoms with Gasteiger partial charge in [0.15, 0.2) is 5.65 Å². The molecule has 170 valence electrons. The van der Waals surface area contributed by atoms with Crippen LogP contribution in [0.2, 0.25) is 0 Å². The summed E-state index contributed by atoms with van der Waals surface area (Å²) in [6.07, 6.45) is 1.03. The normalized spacial score (nSPS) is 12.0. The molecule has 4 rings (SSSR count). The molecular formula is C24H22FN3O5. The van der Waals surface area contributed by atoms with Crippen molar-refractivity contribution in [2.75, 3.05) is 13.7 Å². The molecule has 33 heavy (non-hydrogen) atoms. The molecule has 0 aliphatic carbocycles. The molecule has 0 spiro atoms. The summed E-state index contributed by atoms with van der Waals surface area (Å²) >= 11 is 0. The minimum Gasteiger partial charge on any atom is -0.489 e. The van der Waals surface area contributed by atoms with Gasteiger partial charge in [-0.25, -0.2) is 19.2 Å². The number of benzene rings is 2. The van der Waals surface area contributed by atoms with Crippen molar-refractivity contribution in [3.05, 3.63) is 71.7 Å². The van der Waals surface area contributed by atoms with Crippen LogP contribution in [0.25, 0.3) is 22.6 Å². The maximum absolute atomic E-state index is 14.0. The number of ether oxygens (including phenoxy) is 3. The molecular weight excluding hydrogens is 429 g/mol. The first kappa shape index (κ1) is 22.2. The molecule has 0 saturated carbocycles. The molecule has 0 aliphatic rings. The molecule has 0 amide bonds. The van der Waals surface area contributed by atoms with E-state index in [1.54, 1.807) is 43.5 Å². The molecule has 1 atom stereocenters. The maximum atomic E-state index is 14.0. The van der Waals surface area contributed by atoms with Gasteiger partial charge in [-0.2, -0.15) is 0 Å². The Kier molecular flexibility index (Phi) is 6.50. The number of carboxylic acid groups (broad SMARTS) is 1. The van der Waals surface area contributed by atoms with Crippen LogP contribution < -0.4 is 9.47 Å². The number of hydrogen-bond donors (Lipinski definition) is 2. The maximum Gasteiger partial charge on any atom is 0.337 e. The average Bonchev–Trinajstić information content (AvgIpc) is 3.22. The van der Waals surface area contributed by atoms with E-state index in [1.165, 1.54) is 18.3 Å². The lowest BCUT2D eigenvalue weighted by atomic mass is 10.2. The number of carbonyl (C=O) groups is 1. The second kappa shape index (κ2) is 9.66. The molecule has 4 aromatic rings. The van der Waals surface area contributed by atoms with Gasteiger partial charge in [0.2, 0.25) is 0 Å². The van der Waals surface area contributed by atoms with Crippen LogP contribution in [0.5, 0.6) is 11.5 Å². The first-order valence-corrected chi connectivity index (χ1v) is 10.2. The zero-order valence-electron chi connectivity index (χ0n) is 18.0. The van der Waals surface area contributed by atoms with Gasteiger partial charge in [-0.05, 0) is 31.2 Å². The minimum absolute atomic E-state index is 0.0346. The monoisotopic (exact) mass is 451 g/mol. The Hall–Kier alpha value is -3.98. The van der Waals surface area contributed by atoms with Gasteiger partial charge in [0.05, 0.1) is 17.7 Å². The minimum atomic E-state index is -1.08. The van der Waals surface area contributed by atoms with Crippen molar-refractivity contribution in [3.8, 4) is 22.9 Å². The molecule has 0 bridgehead atoms. The van der Waals surface area contributed by atoms with Gasteiger partial charge >= 0.3 is 5.97 Å². The van der Waals surface area contributed by atoms with Gasteiger partial charge in [0.25, 0.3) is 0 Å². The fraction of sp³-hybridized carbons (Fsp3) is 0.208. The second-order valence-electron chi connectivity index (χ2n) is 7.44. The van der Waals surface area contributed by atoms with Crippen LogP contribution in [-0.4, -0.2) is 45.8 Å². The Labute approximate surface area is 189 Å². The van der Waals surface area contributed by atoms with Crippen molar-refractivity contribution in [3.63, 3.8) is 0 Å². The van der Waals surface area contributed by atoms with Gasteiger partial charge in [-0.3, -0.25) is 0 Å². The van der Waals surface area contributed by atoms with Crippen molar-refractivity contribution in [1.82, 2.24) is 15.0 Å².